The average Bonchev–Trinajstić information content (AvgIpc) is 3.20. The number of aromatic nitrogens is 2. The molecule has 2 aliphatic heterocycles. The van der Waals surface area contributed by atoms with Gasteiger partial charge in [-0.05, 0) is 33.1 Å². The number of nitrogens with zero attached hydrogens (tertiary/aromatic N) is 4. The Morgan fingerprint density at radius 3 is 2.29 bits per heavy atom. The fourth-order valence-electron chi connectivity index (χ4n) is 5.19. The fraction of sp³-hybridized carbons (Fsp3) is 0.800. The smallest absolute Gasteiger partial charge is 0.225 e. The molecule has 3 aliphatic rings. The van der Waals surface area contributed by atoms with Gasteiger partial charge in [0.1, 0.15) is 0 Å². The predicted molar refractivity (Wildman–Crippen MR) is 109 cm³/mol. The molecule has 1 unspecified atom stereocenters. The van der Waals surface area contributed by atoms with E-state index in [1.165, 1.54) is 19.3 Å². The lowest BCUT2D eigenvalue weighted by Gasteiger charge is -2.38. The molecule has 0 radical (unpaired) electrons. The summed E-state index contributed by atoms with van der Waals surface area (Å²) in [6.45, 7) is 7.19. The van der Waals surface area contributed by atoms with Gasteiger partial charge in [0.05, 0.1) is 34.6 Å². The number of carbonyl (C=O) groups excluding carboxylic acids is 1. The molecule has 28 heavy (non-hydrogen) atoms. The van der Waals surface area contributed by atoms with Crippen molar-refractivity contribution in [2.75, 3.05) is 42.6 Å². The quantitative estimate of drug-likeness (QED) is 0.766. The van der Waals surface area contributed by atoms with Crippen LogP contribution in [-0.2, 0) is 14.6 Å². The second-order valence-electron chi connectivity index (χ2n) is 8.67. The van der Waals surface area contributed by atoms with E-state index in [1.807, 2.05) is 23.4 Å². The van der Waals surface area contributed by atoms with Crippen LogP contribution in [0.2, 0.25) is 0 Å². The Morgan fingerprint density at radius 1 is 1.00 bits per heavy atom. The monoisotopic (exact) mass is 408 g/mol. The Morgan fingerprint density at radius 2 is 1.68 bits per heavy atom. The van der Waals surface area contributed by atoms with E-state index in [2.05, 4.69) is 4.90 Å². The van der Waals surface area contributed by atoms with Crippen molar-refractivity contribution in [2.24, 2.45) is 5.92 Å². The Kier molecular flexibility index (Phi) is 5.42. The van der Waals surface area contributed by atoms with Gasteiger partial charge in [0.2, 0.25) is 5.91 Å². The molecule has 8 heteroatoms. The maximum atomic E-state index is 12.8. The minimum absolute atomic E-state index is 0.0494. The maximum absolute atomic E-state index is 12.8. The first kappa shape index (κ1) is 19.7. The normalized spacial score (nSPS) is 26.0. The fourth-order valence-corrected chi connectivity index (χ4v) is 6.89. The van der Waals surface area contributed by atoms with Crippen LogP contribution in [0, 0.1) is 19.8 Å². The van der Waals surface area contributed by atoms with Crippen LogP contribution in [0.5, 0.6) is 0 Å². The second kappa shape index (κ2) is 7.69. The molecule has 4 rings (SSSR count). The molecule has 0 N–H and O–H groups in total. The van der Waals surface area contributed by atoms with E-state index in [0.717, 1.165) is 56.1 Å². The molecule has 1 amide bonds. The minimum Gasteiger partial charge on any atom is -0.365 e. The molecule has 7 nitrogen and oxygen atoms in total. The van der Waals surface area contributed by atoms with Gasteiger partial charge in [0.25, 0.3) is 0 Å². The number of rotatable bonds is 3. The second-order valence-corrected chi connectivity index (χ2v) is 10.9. The lowest BCUT2D eigenvalue weighted by atomic mass is 9.88. The molecule has 1 atom stereocenters. The Bertz CT molecular complexity index is 834. The van der Waals surface area contributed by atoms with Crippen molar-refractivity contribution in [1.82, 2.24) is 14.7 Å². The van der Waals surface area contributed by atoms with Gasteiger partial charge in [-0.3, -0.25) is 9.48 Å². The van der Waals surface area contributed by atoms with E-state index in [1.54, 1.807) is 0 Å². The van der Waals surface area contributed by atoms with E-state index >= 15 is 0 Å². The van der Waals surface area contributed by atoms with Crippen molar-refractivity contribution < 1.29 is 13.2 Å². The third-order valence-corrected chi connectivity index (χ3v) is 8.45. The van der Waals surface area contributed by atoms with Gasteiger partial charge in [-0.15, -0.1) is 0 Å². The van der Waals surface area contributed by atoms with E-state index in [0.29, 0.717) is 12.3 Å². The summed E-state index contributed by atoms with van der Waals surface area (Å²) in [4.78, 5) is 17.2. The van der Waals surface area contributed by atoms with Gasteiger partial charge < -0.3 is 9.80 Å². The number of hydrogen-bond acceptors (Lipinski definition) is 5. The van der Waals surface area contributed by atoms with Gasteiger partial charge in [-0.1, -0.05) is 19.3 Å². The molecule has 3 heterocycles. The van der Waals surface area contributed by atoms with Crippen molar-refractivity contribution in [3.8, 4) is 0 Å². The molecule has 0 aromatic carbocycles. The lowest BCUT2D eigenvalue weighted by molar-refractivity contribution is -0.136. The number of amides is 1. The van der Waals surface area contributed by atoms with Crippen LogP contribution in [0.1, 0.15) is 56.0 Å². The summed E-state index contributed by atoms with van der Waals surface area (Å²) >= 11 is 0. The van der Waals surface area contributed by atoms with Gasteiger partial charge in [0, 0.05) is 32.1 Å². The summed E-state index contributed by atoms with van der Waals surface area (Å²) in [5.41, 5.74) is 3.12. The highest BCUT2D eigenvalue weighted by Crippen LogP contribution is 2.32. The number of anilines is 1. The van der Waals surface area contributed by atoms with Crippen molar-refractivity contribution >= 4 is 21.4 Å². The zero-order chi connectivity index (χ0) is 19.9. The number of sulfone groups is 1. The third kappa shape index (κ3) is 3.80. The molecule has 1 aromatic heterocycles. The Labute approximate surface area is 168 Å². The first-order valence-corrected chi connectivity index (χ1v) is 12.5. The average molecular weight is 409 g/mol. The molecule has 0 bridgehead atoms. The minimum atomic E-state index is -2.94. The van der Waals surface area contributed by atoms with E-state index < -0.39 is 9.84 Å². The molecule has 1 aromatic rings. The zero-order valence-corrected chi connectivity index (χ0v) is 17.9. The summed E-state index contributed by atoms with van der Waals surface area (Å²) in [5.74, 6) is 1.03. The van der Waals surface area contributed by atoms with Gasteiger partial charge >= 0.3 is 0 Å². The summed E-state index contributed by atoms with van der Waals surface area (Å²) in [6, 6.07) is -0.0494. The summed E-state index contributed by atoms with van der Waals surface area (Å²) in [5, 5.41) is 4.69. The number of aryl methyl sites for hydroxylation is 1. The van der Waals surface area contributed by atoms with Gasteiger partial charge in [-0.2, -0.15) is 5.10 Å². The largest absolute Gasteiger partial charge is 0.365 e. The Hall–Kier alpha value is -1.57. The highest BCUT2D eigenvalue weighted by atomic mass is 32.2. The Balaban J connectivity index is 1.43. The molecule has 0 spiro atoms. The van der Waals surface area contributed by atoms with Crippen LogP contribution >= 0.6 is 0 Å². The van der Waals surface area contributed by atoms with Crippen molar-refractivity contribution in [3.63, 3.8) is 0 Å². The van der Waals surface area contributed by atoms with Gasteiger partial charge in [-0.25, -0.2) is 8.42 Å². The summed E-state index contributed by atoms with van der Waals surface area (Å²) < 4.78 is 25.6. The molecule has 156 valence electrons. The summed E-state index contributed by atoms with van der Waals surface area (Å²) in [6.07, 6.45) is 6.38. The molecule has 1 saturated carbocycles. The molecular weight excluding hydrogens is 376 g/mol. The van der Waals surface area contributed by atoms with Crippen LogP contribution in [0.3, 0.4) is 0 Å². The highest BCUT2D eigenvalue weighted by molar-refractivity contribution is 7.91. The third-order valence-electron chi connectivity index (χ3n) is 6.70. The van der Waals surface area contributed by atoms with Crippen LogP contribution in [0.15, 0.2) is 0 Å². The number of carbonyl (C=O) groups is 1. The molecule has 3 fully saturated rings. The first-order chi connectivity index (χ1) is 13.4. The van der Waals surface area contributed by atoms with Crippen molar-refractivity contribution in [3.05, 3.63) is 11.4 Å². The lowest BCUT2D eigenvalue weighted by Crippen LogP contribution is -2.50. The van der Waals surface area contributed by atoms with Crippen molar-refractivity contribution in [2.45, 2.75) is 58.4 Å². The van der Waals surface area contributed by atoms with Crippen molar-refractivity contribution in [1.29, 1.82) is 0 Å². The topological polar surface area (TPSA) is 75.5 Å². The van der Waals surface area contributed by atoms with Crippen LogP contribution in [0.4, 0.5) is 5.69 Å². The molecule has 2 saturated heterocycles. The SMILES string of the molecule is Cc1nn(C2CCS(=O)(=O)C2)c(C)c1N1CCN(C(=O)C2CCCCC2)CC1. The van der Waals surface area contributed by atoms with E-state index in [9.17, 15) is 13.2 Å². The molecule has 1 aliphatic carbocycles. The van der Waals surface area contributed by atoms with Crippen LogP contribution in [0.25, 0.3) is 0 Å². The first-order valence-electron chi connectivity index (χ1n) is 10.7. The zero-order valence-electron chi connectivity index (χ0n) is 17.1. The van der Waals surface area contributed by atoms with Gasteiger partial charge in [0.15, 0.2) is 9.84 Å². The number of piperazine rings is 1. The standard InChI is InChI=1S/C20H32N4O3S/c1-15-19(16(2)24(21-15)18-8-13-28(26,27)14-18)22-9-11-23(12-10-22)20(25)17-6-4-3-5-7-17/h17-18H,3-14H2,1-2H3. The predicted octanol–water partition coefficient (Wildman–Crippen LogP) is 2.09. The highest BCUT2D eigenvalue weighted by Gasteiger charge is 2.33. The van der Waals surface area contributed by atoms with E-state index in [4.69, 9.17) is 5.10 Å². The number of hydrogen-bond donors (Lipinski definition) is 0. The molecular formula is C20H32N4O3S. The van der Waals surface area contributed by atoms with Crippen LogP contribution < -0.4 is 4.90 Å². The van der Waals surface area contributed by atoms with E-state index in [-0.39, 0.29) is 23.5 Å². The summed E-state index contributed by atoms with van der Waals surface area (Å²) in [7, 11) is -2.94. The maximum Gasteiger partial charge on any atom is 0.225 e. The van der Waals surface area contributed by atoms with Crippen LogP contribution in [-0.4, -0.2) is 66.7 Å².